The highest BCUT2D eigenvalue weighted by Crippen LogP contribution is 2.25. The van der Waals surface area contributed by atoms with Gasteiger partial charge < -0.3 is 15.0 Å². The Labute approximate surface area is 188 Å². The summed E-state index contributed by atoms with van der Waals surface area (Å²) in [5, 5.41) is 22.6. The van der Waals surface area contributed by atoms with Gasteiger partial charge in [0.2, 0.25) is 0 Å². The van der Waals surface area contributed by atoms with Crippen molar-refractivity contribution in [3.8, 4) is 11.8 Å². The van der Waals surface area contributed by atoms with E-state index in [0.717, 1.165) is 26.5 Å². The fourth-order valence-corrected chi connectivity index (χ4v) is 3.62. The first kappa shape index (κ1) is 20.5. The molecule has 4 aromatic rings. The molecular formula is C25H18BrN3O2. The van der Waals surface area contributed by atoms with Crippen molar-refractivity contribution in [1.29, 1.82) is 5.26 Å². The number of phenolic OH excluding ortho intramolecular Hbond substituents is 1. The maximum absolute atomic E-state index is 12.6. The maximum atomic E-state index is 12.6. The molecule has 0 aliphatic carbocycles. The number of aromatic nitrogens is 1. The number of aromatic hydroxyl groups is 1. The predicted octanol–water partition coefficient (Wildman–Crippen LogP) is 5.70. The molecule has 3 aromatic carbocycles. The standard InChI is InChI=1S/C25H18BrN3O2/c26-20-7-5-17(6-8-20)15-29-16-19(23-3-1-2-4-24(23)29)13-18(14-27)25(31)28-21-9-11-22(30)12-10-21/h1-13,16,30H,15H2,(H,28,31). The van der Waals surface area contributed by atoms with E-state index in [1.54, 1.807) is 18.2 Å². The molecular weight excluding hydrogens is 454 g/mol. The van der Waals surface area contributed by atoms with Gasteiger partial charge in [0.1, 0.15) is 17.4 Å². The van der Waals surface area contributed by atoms with E-state index in [1.165, 1.54) is 12.1 Å². The van der Waals surface area contributed by atoms with Crippen LogP contribution in [-0.4, -0.2) is 15.6 Å². The van der Waals surface area contributed by atoms with Crippen molar-refractivity contribution in [3.05, 3.63) is 100 Å². The minimum absolute atomic E-state index is 0.000352. The Morgan fingerprint density at radius 2 is 1.77 bits per heavy atom. The summed E-state index contributed by atoms with van der Waals surface area (Å²) in [5.74, 6) is -0.398. The lowest BCUT2D eigenvalue weighted by Gasteiger charge is -2.05. The van der Waals surface area contributed by atoms with Gasteiger partial charge in [-0.05, 0) is 54.1 Å². The second-order valence-corrected chi connectivity index (χ2v) is 7.94. The van der Waals surface area contributed by atoms with E-state index in [-0.39, 0.29) is 11.3 Å². The average Bonchev–Trinajstić information content (AvgIpc) is 3.12. The molecule has 0 saturated carbocycles. The third-order valence-corrected chi connectivity index (χ3v) is 5.40. The molecule has 31 heavy (non-hydrogen) atoms. The fourth-order valence-electron chi connectivity index (χ4n) is 3.35. The molecule has 0 saturated heterocycles. The summed E-state index contributed by atoms with van der Waals surface area (Å²) in [6.07, 6.45) is 3.56. The van der Waals surface area contributed by atoms with Crippen LogP contribution in [0.5, 0.6) is 5.75 Å². The van der Waals surface area contributed by atoms with E-state index in [1.807, 2.05) is 48.7 Å². The third-order valence-electron chi connectivity index (χ3n) is 4.88. The lowest BCUT2D eigenvalue weighted by atomic mass is 10.1. The SMILES string of the molecule is N#CC(=Cc1cn(Cc2ccc(Br)cc2)c2ccccc12)C(=O)Nc1ccc(O)cc1. The van der Waals surface area contributed by atoms with Crippen LogP contribution in [0.15, 0.2) is 89.0 Å². The van der Waals surface area contributed by atoms with Crippen LogP contribution >= 0.6 is 15.9 Å². The molecule has 1 heterocycles. The topological polar surface area (TPSA) is 78.0 Å². The number of nitriles is 1. The maximum Gasteiger partial charge on any atom is 0.266 e. The summed E-state index contributed by atoms with van der Waals surface area (Å²) < 4.78 is 3.13. The van der Waals surface area contributed by atoms with E-state index < -0.39 is 5.91 Å². The van der Waals surface area contributed by atoms with E-state index in [0.29, 0.717) is 12.2 Å². The summed E-state index contributed by atoms with van der Waals surface area (Å²) >= 11 is 3.46. The van der Waals surface area contributed by atoms with Crippen LogP contribution in [0.2, 0.25) is 0 Å². The number of hydrogen-bond donors (Lipinski definition) is 2. The summed E-state index contributed by atoms with van der Waals surface area (Å²) in [7, 11) is 0. The second-order valence-electron chi connectivity index (χ2n) is 7.03. The van der Waals surface area contributed by atoms with Gasteiger partial charge in [-0.25, -0.2) is 0 Å². The van der Waals surface area contributed by atoms with Crippen molar-refractivity contribution in [2.45, 2.75) is 6.54 Å². The highest BCUT2D eigenvalue weighted by Gasteiger charge is 2.13. The Morgan fingerprint density at radius 1 is 1.06 bits per heavy atom. The number of benzene rings is 3. The number of nitrogens with zero attached hydrogens (tertiary/aromatic N) is 2. The molecule has 0 unspecified atom stereocenters. The van der Waals surface area contributed by atoms with Crippen molar-refractivity contribution in [1.82, 2.24) is 4.57 Å². The molecule has 1 amide bonds. The summed E-state index contributed by atoms with van der Waals surface area (Å²) in [6, 6.07) is 24.1. The first-order valence-corrected chi connectivity index (χ1v) is 10.4. The normalized spacial score (nSPS) is 11.3. The largest absolute Gasteiger partial charge is 0.508 e. The van der Waals surface area contributed by atoms with Gasteiger partial charge >= 0.3 is 0 Å². The minimum Gasteiger partial charge on any atom is -0.508 e. The number of amides is 1. The van der Waals surface area contributed by atoms with Crippen molar-refractivity contribution in [2.24, 2.45) is 0 Å². The minimum atomic E-state index is -0.502. The predicted molar refractivity (Wildman–Crippen MR) is 126 cm³/mol. The molecule has 0 bridgehead atoms. The van der Waals surface area contributed by atoms with Gasteiger partial charge in [-0.2, -0.15) is 5.26 Å². The number of hydrogen-bond acceptors (Lipinski definition) is 3. The number of para-hydroxylation sites is 1. The van der Waals surface area contributed by atoms with Gasteiger partial charge in [0, 0.05) is 39.4 Å². The molecule has 0 fully saturated rings. The molecule has 0 aliphatic rings. The van der Waals surface area contributed by atoms with Gasteiger partial charge in [-0.3, -0.25) is 4.79 Å². The van der Waals surface area contributed by atoms with Crippen molar-refractivity contribution < 1.29 is 9.90 Å². The van der Waals surface area contributed by atoms with Crippen LogP contribution in [0, 0.1) is 11.3 Å². The first-order valence-electron chi connectivity index (χ1n) is 9.58. The molecule has 0 spiro atoms. The van der Waals surface area contributed by atoms with E-state index in [4.69, 9.17) is 0 Å². The zero-order chi connectivity index (χ0) is 21.8. The summed E-state index contributed by atoms with van der Waals surface area (Å²) in [4.78, 5) is 12.6. The zero-order valence-corrected chi connectivity index (χ0v) is 18.0. The number of phenols is 1. The van der Waals surface area contributed by atoms with E-state index in [2.05, 4.69) is 37.9 Å². The van der Waals surface area contributed by atoms with Crippen LogP contribution in [0.4, 0.5) is 5.69 Å². The Bertz CT molecular complexity index is 1310. The lowest BCUT2D eigenvalue weighted by molar-refractivity contribution is -0.112. The van der Waals surface area contributed by atoms with Crippen molar-refractivity contribution >= 4 is 44.5 Å². The number of carbonyl (C=O) groups is 1. The number of rotatable bonds is 5. The van der Waals surface area contributed by atoms with Gasteiger partial charge in [0.05, 0.1) is 0 Å². The quantitative estimate of drug-likeness (QED) is 0.222. The van der Waals surface area contributed by atoms with Crippen molar-refractivity contribution in [3.63, 3.8) is 0 Å². The van der Waals surface area contributed by atoms with Crippen LogP contribution in [0.3, 0.4) is 0 Å². The number of fused-ring (bicyclic) bond motifs is 1. The van der Waals surface area contributed by atoms with Crippen molar-refractivity contribution in [2.75, 3.05) is 5.32 Å². The van der Waals surface area contributed by atoms with Crippen LogP contribution < -0.4 is 5.32 Å². The van der Waals surface area contributed by atoms with Crippen LogP contribution in [0.1, 0.15) is 11.1 Å². The highest BCUT2D eigenvalue weighted by molar-refractivity contribution is 9.10. The Morgan fingerprint density at radius 3 is 2.48 bits per heavy atom. The van der Waals surface area contributed by atoms with Crippen LogP contribution in [0.25, 0.3) is 17.0 Å². The second kappa shape index (κ2) is 8.90. The van der Waals surface area contributed by atoms with Gasteiger partial charge in [-0.1, -0.05) is 46.3 Å². The molecule has 6 heteroatoms. The molecule has 0 aliphatic heterocycles. The Balaban J connectivity index is 1.66. The molecule has 0 atom stereocenters. The highest BCUT2D eigenvalue weighted by atomic mass is 79.9. The van der Waals surface area contributed by atoms with Crippen LogP contribution in [-0.2, 0) is 11.3 Å². The molecule has 5 nitrogen and oxygen atoms in total. The lowest BCUT2D eigenvalue weighted by Crippen LogP contribution is -2.13. The number of nitrogens with one attached hydrogen (secondary N) is 1. The van der Waals surface area contributed by atoms with Gasteiger partial charge in [-0.15, -0.1) is 0 Å². The Hall–Kier alpha value is -3.82. The van der Waals surface area contributed by atoms with E-state index >= 15 is 0 Å². The number of anilines is 1. The molecule has 4 rings (SSSR count). The smallest absolute Gasteiger partial charge is 0.266 e. The monoisotopic (exact) mass is 471 g/mol. The Kier molecular flexibility index (Phi) is 5.87. The summed E-state index contributed by atoms with van der Waals surface area (Å²) in [5.41, 5.74) is 3.46. The molecule has 0 radical (unpaired) electrons. The third kappa shape index (κ3) is 4.68. The number of carbonyl (C=O) groups excluding carboxylic acids is 1. The molecule has 1 aromatic heterocycles. The van der Waals surface area contributed by atoms with E-state index in [9.17, 15) is 15.2 Å². The number of halogens is 1. The van der Waals surface area contributed by atoms with Gasteiger partial charge in [0.15, 0.2) is 0 Å². The van der Waals surface area contributed by atoms with Gasteiger partial charge in [0.25, 0.3) is 5.91 Å². The average molecular weight is 472 g/mol. The zero-order valence-electron chi connectivity index (χ0n) is 16.4. The first-order chi connectivity index (χ1) is 15.0. The fraction of sp³-hybridized carbons (Fsp3) is 0.0400. The molecule has 152 valence electrons. The molecule has 2 N–H and O–H groups in total. The summed E-state index contributed by atoms with van der Waals surface area (Å²) in [6.45, 7) is 0.670.